The third kappa shape index (κ3) is 7.47. The summed E-state index contributed by atoms with van der Waals surface area (Å²) in [5.74, 6) is -2.46. The third-order valence-electron chi connectivity index (χ3n) is 5.27. The fraction of sp³-hybridized carbons (Fsp3) is 0.300. The predicted octanol–water partition coefficient (Wildman–Crippen LogP) is 2.61. The van der Waals surface area contributed by atoms with E-state index in [0.717, 1.165) is 6.07 Å². The molecule has 0 amide bonds. The van der Waals surface area contributed by atoms with Gasteiger partial charge in [0, 0.05) is 40.3 Å². The molecular formula is C20H20Cl2N3O12S2+. The molecule has 2 aromatic carbocycles. The first-order chi connectivity index (χ1) is 18.2. The first kappa shape index (κ1) is 30.8. The molecule has 0 radical (unpaired) electrons. The summed E-state index contributed by atoms with van der Waals surface area (Å²) >= 11 is 11.4. The zero-order chi connectivity index (χ0) is 29.1. The first-order valence-electron chi connectivity index (χ1n) is 10.6. The molecule has 0 spiro atoms. The summed E-state index contributed by atoms with van der Waals surface area (Å²) in [6.07, 6.45) is -2.54. The van der Waals surface area contributed by atoms with Gasteiger partial charge in [-0.3, -0.25) is 24.3 Å². The summed E-state index contributed by atoms with van der Waals surface area (Å²) in [5.41, 5.74) is -1.94. The van der Waals surface area contributed by atoms with Crippen molar-refractivity contribution in [2.24, 2.45) is 0 Å². The van der Waals surface area contributed by atoms with Gasteiger partial charge in [-0.2, -0.15) is 8.42 Å². The number of carbonyl (C=O) groups is 2. The number of fused-ring (bicyclic) bond motifs is 2. The van der Waals surface area contributed by atoms with E-state index in [1.807, 2.05) is 0 Å². The highest BCUT2D eigenvalue weighted by atomic mass is 35.5. The quantitative estimate of drug-likeness (QED) is 0.0602. The summed E-state index contributed by atoms with van der Waals surface area (Å²) in [6, 6.07) is 6.14. The smallest absolute Gasteiger partial charge is 0.382 e. The maximum absolute atomic E-state index is 13.6. The second-order valence-electron chi connectivity index (χ2n) is 7.91. The minimum absolute atomic E-state index is 0.000935. The summed E-state index contributed by atoms with van der Waals surface area (Å²) in [6.45, 7) is -0.697. The number of rotatable bonds is 13. The molecule has 5 N–H and O–H groups in total. The number of nitrogens with one attached hydrogen (secondary N) is 2. The van der Waals surface area contributed by atoms with Gasteiger partial charge in [0.2, 0.25) is 5.78 Å². The van der Waals surface area contributed by atoms with Gasteiger partial charge in [0.1, 0.15) is 11.7 Å². The van der Waals surface area contributed by atoms with Gasteiger partial charge >= 0.3 is 21.2 Å². The normalized spacial score (nSPS) is 14.8. The molecule has 0 saturated carbocycles. The number of nitrogens with zero attached hydrogens (tertiary/aromatic N) is 1. The largest absolute Gasteiger partial charge is 0.508 e. The van der Waals surface area contributed by atoms with Crippen LogP contribution in [0.2, 0.25) is 0 Å². The van der Waals surface area contributed by atoms with Crippen LogP contribution in [0.15, 0.2) is 30.3 Å². The average molecular weight is 629 g/mol. The van der Waals surface area contributed by atoms with Crippen molar-refractivity contribution in [3.8, 4) is 0 Å². The van der Waals surface area contributed by atoms with Crippen molar-refractivity contribution in [3.63, 3.8) is 0 Å². The zero-order valence-electron chi connectivity index (χ0n) is 19.4. The number of hydrogen-bond acceptors (Lipinski definition) is 11. The Bertz CT molecular complexity index is 1460. The van der Waals surface area contributed by atoms with Crippen molar-refractivity contribution < 1.29 is 49.2 Å². The molecule has 212 valence electrons. The highest BCUT2D eigenvalue weighted by molar-refractivity contribution is 7.87. The topological polar surface area (TPSA) is 232 Å². The van der Waals surface area contributed by atoms with Crippen LogP contribution >= 0.6 is 23.2 Å². The van der Waals surface area contributed by atoms with Gasteiger partial charge in [-0.15, -0.1) is 36.5 Å². The Morgan fingerprint density at radius 3 is 1.97 bits per heavy atom. The van der Waals surface area contributed by atoms with Crippen LogP contribution < -0.4 is 10.6 Å². The minimum atomic E-state index is -4.87. The van der Waals surface area contributed by atoms with Crippen LogP contribution in [0.4, 0.5) is 17.1 Å². The molecule has 0 fully saturated rings. The van der Waals surface area contributed by atoms with Crippen LogP contribution in [-0.2, 0) is 33.7 Å². The Kier molecular flexibility index (Phi) is 9.63. The van der Waals surface area contributed by atoms with Crippen LogP contribution in [0, 0.1) is 10.1 Å². The summed E-state index contributed by atoms with van der Waals surface area (Å²) in [7, 11) is -9.50. The number of anilines is 2. The maximum Gasteiger partial charge on any atom is 0.508 e. The molecule has 15 nitrogen and oxygen atoms in total. The second-order valence-corrected chi connectivity index (χ2v) is 10.7. The van der Waals surface area contributed by atoms with Crippen LogP contribution in [-0.4, -0.2) is 75.6 Å². The number of alkyl halides is 2. The van der Waals surface area contributed by atoms with Gasteiger partial charge in [0.25, 0.3) is 5.69 Å². The standard InChI is InChI=1S/C20H19Cl2N3O12S2/c21-6-10(36-38(30,31)32)8-23-13-4-5-14(24-9-11(7-22)37-39(33,34)35)18-17(13)19(26)12-2-1-3-15(25(28)29)16(12)20(18)27/h1-5,10-11H,6-9H2,(H4-,23,24,26,27,30,31,32,33,34,35)/p+1. The Labute approximate surface area is 232 Å². The molecule has 1 aliphatic carbocycles. The molecule has 19 heteroatoms. The van der Waals surface area contributed by atoms with Crippen molar-refractivity contribution >= 4 is 73.0 Å². The van der Waals surface area contributed by atoms with E-state index in [0.29, 0.717) is 0 Å². The van der Waals surface area contributed by atoms with E-state index < -0.39 is 67.0 Å². The Hall–Kier alpha value is -2.74. The van der Waals surface area contributed by atoms with Crippen molar-refractivity contribution in [1.29, 1.82) is 0 Å². The number of halogens is 2. The van der Waals surface area contributed by atoms with Crippen LogP contribution in [0.5, 0.6) is 0 Å². The maximum atomic E-state index is 13.6. The lowest BCUT2D eigenvalue weighted by Gasteiger charge is -2.25. The number of nitro groups is 1. The lowest BCUT2D eigenvalue weighted by Crippen LogP contribution is -2.32. The Balaban J connectivity index is 2.09. The molecule has 2 atom stereocenters. The summed E-state index contributed by atoms with van der Waals surface area (Å²) < 4.78 is 69.3. The number of hydrogen-bond donors (Lipinski definition) is 5. The van der Waals surface area contributed by atoms with Crippen molar-refractivity contribution in [2.75, 3.05) is 35.5 Å². The van der Waals surface area contributed by atoms with E-state index in [1.54, 1.807) is 0 Å². The third-order valence-corrected chi connectivity index (χ3v) is 7.00. The van der Waals surface area contributed by atoms with Gasteiger partial charge in [-0.25, -0.2) is 4.18 Å². The highest BCUT2D eigenvalue weighted by Crippen LogP contribution is 2.39. The number of nitro benzene ring substituents is 1. The fourth-order valence-electron chi connectivity index (χ4n) is 3.77. The van der Waals surface area contributed by atoms with Crippen molar-refractivity contribution in [2.45, 2.75) is 12.2 Å². The summed E-state index contributed by atoms with van der Waals surface area (Å²) in [4.78, 5) is 37.9. The lowest BCUT2D eigenvalue weighted by atomic mass is 9.81. The molecule has 2 unspecified atom stereocenters. The molecule has 0 saturated heterocycles. The molecule has 0 bridgehead atoms. The van der Waals surface area contributed by atoms with E-state index in [9.17, 15) is 32.3 Å². The van der Waals surface area contributed by atoms with Crippen LogP contribution in [0.25, 0.3) is 0 Å². The molecule has 0 heterocycles. The van der Waals surface area contributed by atoms with E-state index in [1.165, 1.54) is 24.3 Å². The number of ketones is 2. The van der Waals surface area contributed by atoms with Gasteiger partial charge in [-0.1, -0.05) is 6.07 Å². The average Bonchev–Trinajstić information content (AvgIpc) is 2.85. The van der Waals surface area contributed by atoms with Gasteiger partial charge in [-0.05, 0) is 18.2 Å². The number of carbonyl (C=O) groups excluding carboxylic acids is 2. The molecule has 1 aliphatic rings. The summed E-state index contributed by atoms with van der Waals surface area (Å²) in [5, 5.41) is 17.1. The molecule has 0 aromatic heterocycles. The Morgan fingerprint density at radius 2 is 1.49 bits per heavy atom. The van der Waals surface area contributed by atoms with E-state index in [4.69, 9.17) is 36.9 Å². The lowest BCUT2D eigenvalue weighted by molar-refractivity contribution is -0.385. The van der Waals surface area contributed by atoms with E-state index in [2.05, 4.69) is 19.0 Å². The SMILES string of the molecule is O=C1c2cccc([N+](=O)[O-])c2C(=O)c2c(NCC(CCl)O[S+](=O)(O)O)ccc(NCC(CCl)OS(=O)(=O)O)c21. The molecule has 2 aromatic rings. The van der Waals surface area contributed by atoms with E-state index >= 15 is 0 Å². The molecular weight excluding hydrogens is 609 g/mol. The fourth-order valence-corrected chi connectivity index (χ4v) is 5.24. The van der Waals surface area contributed by atoms with E-state index in [-0.39, 0.29) is 47.0 Å². The minimum Gasteiger partial charge on any atom is -0.382 e. The molecule has 3 rings (SSSR count). The molecule has 39 heavy (non-hydrogen) atoms. The zero-order valence-corrected chi connectivity index (χ0v) is 22.6. The van der Waals surface area contributed by atoms with Crippen LogP contribution in [0.1, 0.15) is 31.8 Å². The van der Waals surface area contributed by atoms with Crippen LogP contribution in [0.3, 0.4) is 0 Å². The molecule has 0 aliphatic heterocycles. The second kappa shape index (κ2) is 12.2. The van der Waals surface area contributed by atoms with Crippen molar-refractivity contribution in [3.05, 3.63) is 62.7 Å². The number of benzene rings is 2. The predicted molar refractivity (Wildman–Crippen MR) is 139 cm³/mol. The van der Waals surface area contributed by atoms with Gasteiger partial charge in [0.15, 0.2) is 11.9 Å². The Morgan fingerprint density at radius 1 is 0.949 bits per heavy atom. The highest BCUT2D eigenvalue weighted by Gasteiger charge is 2.39. The first-order valence-corrected chi connectivity index (χ1v) is 14.5. The monoisotopic (exact) mass is 628 g/mol. The van der Waals surface area contributed by atoms with Crippen molar-refractivity contribution in [1.82, 2.24) is 0 Å². The van der Waals surface area contributed by atoms with Gasteiger partial charge < -0.3 is 10.6 Å². The van der Waals surface area contributed by atoms with Gasteiger partial charge in [0.05, 0.1) is 27.8 Å².